The topological polar surface area (TPSA) is 63.7 Å². The predicted octanol–water partition coefficient (Wildman–Crippen LogP) is 5.12. The number of hydrogen-bond acceptors (Lipinski definition) is 4. The van der Waals surface area contributed by atoms with Crippen molar-refractivity contribution >= 4 is 21.4 Å². The minimum Gasteiger partial charge on any atom is -0.497 e. The van der Waals surface area contributed by atoms with E-state index in [1.807, 2.05) is 49.4 Å². The third-order valence-corrected chi connectivity index (χ3v) is 7.89. The van der Waals surface area contributed by atoms with Crippen LogP contribution in [0.1, 0.15) is 34.3 Å². The van der Waals surface area contributed by atoms with E-state index in [1.165, 1.54) is 4.31 Å². The van der Waals surface area contributed by atoms with Crippen molar-refractivity contribution in [1.82, 2.24) is 4.31 Å². The minimum atomic E-state index is -3.56. The van der Waals surface area contributed by atoms with Crippen molar-refractivity contribution in [3.8, 4) is 5.75 Å². The maximum Gasteiger partial charge on any atom is 0.243 e. The number of nitrogens with zero attached hydrogens (tertiary/aromatic N) is 1. The number of rotatable bonds is 6. The van der Waals surface area contributed by atoms with Crippen LogP contribution in [0.4, 0.5) is 0 Å². The van der Waals surface area contributed by atoms with Crippen molar-refractivity contribution in [1.29, 1.82) is 0 Å². The van der Waals surface area contributed by atoms with Gasteiger partial charge in [-0.15, -0.1) is 0 Å². The van der Waals surface area contributed by atoms with Crippen LogP contribution >= 0.6 is 0 Å². The number of allylic oxidation sites excluding steroid dienone is 1. The lowest BCUT2D eigenvalue weighted by atomic mass is 9.88. The number of Topliss-reactive ketones (excluding diaryl/α,β-unsaturated/α-hetero) is 1. The van der Waals surface area contributed by atoms with Gasteiger partial charge in [-0.25, -0.2) is 8.42 Å². The summed E-state index contributed by atoms with van der Waals surface area (Å²) < 4.78 is 32.9. The van der Waals surface area contributed by atoms with Gasteiger partial charge in [-0.1, -0.05) is 53.6 Å². The molecule has 0 unspecified atom stereocenters. The summed E-state index contributed by atoms with van der Waals surface area (Å²) in [6.45, 7) is 2.62. The highest BCUT2D eigenvalue weighted by molar-refractivity contribution is 7.89. The molecule has 0 aromatic heterocycles. The number of sulfonamides is 1. The Labute approximate surface area is 195 Å². The molecular weight excluding hydrogens is 434 g/mol. The van der Waals surface area contributed by atoms with Crippen molar-refractivity contribution in [2.45, 2.75) is 24.7 Å². The van der Waals surface area contributed by atoms with Crippen LogP contribution < -0.4 is 4.74 Å². The molecule has 170 valence electrons. The van der Waals surface area contributed by atoms with Gasteiger partial charge >= 0.3 is 0 Å². The van der Waals surface area contributed by atoms with E-state index < -0.39 is 10.0 Å². The van der Waals surface area contributed by atoms with E-state index in [9.17, 15) is 13.2 Å². The van der Waals surface area contributed by atoms with Crippen molar-refractivity contribution < 1.29 is 17.9 Å². The fourth-order valence-electron chi connectivity index (χ4n) is 4.09. The molecule has 1 fully saturated rings. The maximum atomic E-state index is 13.5. The SMILES string of the molecule is COc1ccc(C(=O)C(=C2CCN(S(=O)(=O)c3ccc(C)cc3)CC2)c2ccccc2)cc1. The van der Waals surface area contributed by atoms with Crippen LogP contribution in [-0.4, -0.2) is 38.7 Å². The molecule has 0 atom stereocenters. The standard InChI is InChI=1S/C27H27NO4S/c1-20-8-14-25(15-9-20)33(30,31)28-18-16-22(17-19-28)26(21-6-4-3-5-7-21)27(29)23-10-12-24(32-2)13-11-23/h3-15H,16-19H2,1-2H3. The Morgan fingerprint density at radius 2 is 1.42 bits per heavy atom. The largest absolute Gasteiger partial charge is 0.497 e. The van der Waals surface area contributed by atoms with Crippen LogP contribution in [0.25, 0.3) is 5.57 Å². The summed E-state index contributed by atoms with van der Waals surface area (Å²) in [5, 5.41) is 0. The van der Waals surface area contributed by atoms with E-state index in [1.54, 1.807) is 43.5 Å². The molecule has 0 saturated carbocycles. The molecule has 3 aromatic carbocycles. The Morgan fingerprint density at radius 1 is 0.818 bits per heavy atom. The van der Waals surface area contributed by atoms with Crippen molar-refractivity contribution in [2.75, 3.05) is 20.2 Å². The summed E-state index contributed by atoms with van der Waals surface area (Å²) in [4.78, 5) is 13.8. The molecule has 0 aliphatic carbocycles. The molecular formula is C27H27NO4S. The summed E-state index contributed by atoms with van der Waals surface area (Å²) in [5.41, 5.74) is 4.09. The average molecular weight is 462 g/mol. The van der Waals surface area contributed by atoms with Gasteiger partial charge in [0.25, 0.3) is 0 Å². The van der Waals surface area contributed by atoms with E-state index in [4.69, 9.17) is 4.74 Å². The molecule has 33 heavy (non-hydrogen) atoms. The number of benzene rings is 3. The average Bonchev–Trinajstić information content (AvgIpc) is 2.85. The molecule has 0 bridgehead atoms. The van der Waals surface area contributed by atoms with Gasteiger partial charge in [-0.2, -0.15) is 4.31 Å². The van der Waals surface area contributed by atoms with Crippen LogP contribution in [0, 0.1) is 6.92 Å². The lowest BCUT2D eigenvalue weighted by Gasteiger charge is -2.29. The molecule has 1 saturated heterocycles. The predicted molar refractivity (Wildman–Crippen MR) is 130 cm³/mol. The van der Waals surface area contributed by atoms with E-state index >= 15 is 0 Å². The third kappa shape index (κ3) is 4.92. The van der Waals surface area contributed by atoms with Gasteiger partial charge in [0.1, 0.15) is 5.75 Å². The van der Waals surface area contributed by atoms with E-state index in [-0.39, 0.29) is 5.78 Å². The van der Waals surface area contributed by atoms with Gasteiger partial charge in [0.05, 0.1) is 12.0 Å². The number of carbonyl (C=O) groups excluding carboxylic acids is 1. The van der Waals surface area contributed by atoms with Crippen molar-refractivity contribution in [3.05, 3.63) is 101 Å². The summed E-state index contributed by atoms with van der Waals surface area (Å²) >= 11 is 0. The zero-order chi connectivity index (χ0) is 23.4. The molecule has 1 aliphatic heterocycles. The second-order valence-electron chi connectivity index (χ2n) is 8.12. The second-order valence-corrected chi connectivity index (χ2v) is 10.1. The molecule has 1 heterocycles. The number of methoxy groups -OCH3 is 1. The number of ketones is 1. The van der Waals surface area contributed by atoms with Gasteiger partial charge in [0.15, 0.2) is 5.78 Å². The van der Waals surface area contributed by atoms with Gasteiger partial charge in [0, 0.05) is 24.2 Å². The highest BCUT2D eigenvalue weighted by Gasteiger charge is 2.29. The first kappa shape index (κ1) is 23.0. The molecule has 0 N–H and O–H groups in total. The van der Waals surface area contributed by atoms with E-state index in [0.29, 0.717) is 47.7 Å². The van der Waals surface area contributed by atoms with Gasteiger partial charge in [0.2, 0.25) is 10.0 Å². The zero-order valence-corrected chi connectivity index (χ0v) is 19.6. The van der Waals surface area contributed by atoms with Gasteiger partial charge < -0.3 is 4.74 Å². The Kier molecular flexibility index (Phi) is 6.77. The number of aryl methyl sites for hydroxylation is 1. The summed E-state index contributed by atoms with van der Waals surface area (Å²) in [6, 6.07) is 23.6. The summed E-state index contributed by atoms with van der Waals surface area (Å²) in [6.07, 6.45) is 1.02. The van der Waals surface area contributed by atoms with Gasteiger partial charge in [-0.05, 0) is 61.7 Å². The monoisotopic (exact) mass is 461 g/mol. The number of hydrogen-bond donors (Lipinski definition) is 0. The smallest absolute Gasteiger partial charge is 0.243 e. The lowest BCUT2D eigenvalue weighted by Crippen LogP contribution is -2.36. The van der Waals surface area contributed by atoms with Crippen LogP contribution in [0.15, 0.2) is 89.3 Å². The van der Waals surface area contributed by atoms with Crippen LogP contribution in [-0.2, 0) is 10.0 Å². The van der Waals surface area contributed by atoms with E-state index in [2.05, 4.69) is 0 Å². The zero-order valence-electron chi connectivity index (χ0n) is 18.8. The molecule has 3 aromatic rings. The van der Waals surface area contributed by atoms with Crippen molar-refractivity contribution in [3.63, 3.8) is 0 Å². The molecule has 0 spiro atoms. The lowest BCUT2D eigenvalue weighted by molar-refractivity contribution is 0.105. The Balaban J connectivity index is 1.64. The first-order valence-corrected chi connectivity index (χ1v) is 12.4. The molecule has 5 nitrogen and oxygen atoms in total. The Hall–Kier alpha value is -3.22. The highest BCUT2D eigenvalue weighted by Crippen LogP contribution is 2.32. The van der Waals surface area contributed by atoms with Crippen LogP contribution in [0.3, 0.4) is 0 Å². The fraction of sp³-hybridized carbons (Fsp3) is 0.222. The molecule has 6 heteroatoms. The second kappa shape index (κ2) is 9.73. The quantitative estimate of drug-likeness (QED) is 0.377. The first-order valence-electron chi connectivity index (χ1n) is 10.9. The number of ether oxygens (including phenoxy) is 1. The van der Waals surface area contributed by atoms with E-state index in [0.717, 1.165) is 16.7 Å². The molecule has 1 aliphatic rings. The molecule has 0 amide bonds. The van der Waals surface area contributed by atoms with Crippen molar-refractivity contribution in [2.24, 2.45) is 0 Å². The summed E-state index contributed by atoms with van der Waals surface area (Å²) in [5.74, 6) is 0.628. The highest BCUT2D eigenvalue weighted by atomic mass is 32.2. The molecule has 4 rings (SSSR count). The number of carbonyl (C=O) groups is 1. The minimum absolute atomic E-state index is 0.0614. The van der Waals surface area contributed by atoms with Crippen LogP contribution in [0.2, 0.25) is 0 Å². The Bertz CT molecular complexity index is 1250. The normalized spacial score (nSPS) is 14.7. The molecule has 0 radical (unpaired) electrons. The number of piperidine rings is 1. The van der Waals surface area contributed by atoms with Crippen LogP contribution in [0.5, 0.6) is 5.75 Å². The third-order valence-electron chi connectivity index (χ3n) is 5.98. The Morgan fingerprint density at radius 3 is 2.00 bits per heavy atom. The maximum absolute atomic E-state index is 13.5. The fourth-order valence-corrected chi connectivity index (χ4v) is 5.53. The van der Waals surface area contributed by atoms with Gasteiger partial charge in [-0.3, -0.25) is 4.79 Å². The summed E-state index contributed by atoms with van der Waals surface area (Å²) in [7, 11) is -1.97. The first-order chi connectivity index (χ1) is 15.9.